The average Bonchev–Trinajstić information content (AvgIpc) is 3.39. The second kappa shape index (κ2) is 11.0. The van der Waals surface area contributed by atoms with Crippen LogP contribution in [0.4, 0.5) is 20.3 Å². The Balaban J connectivity index is 2.07. The number of hydrogen-bond acceptors (Lipinski definition) is 8. The Hall–Kier alpha value is -3.31. The van der Waals surface area contributed by atoms with Crippen molar-refractivity contribution in [3.63, 3.8) is 0 Å². The standard InChI is InChI=1S/C23H34F2N8O2/c1-5-16(24)19(26)23(3,25)13-32(12-15-8-6-14(2)7-9-15)18-17(10-11-28-4)30-33(20(18)27)21-29-22(34)35-31-21/h5,11,14-15,26H,6-10,12-13,27H2,1-4H3,(H,29,31,34)/b16-5+,26-19?,28-11?. The number of anilines is 2. The van der Waals surface area contributed by atoms with Crippen molar-refractivity contribution >= 4 is 23.4 Å². The van der Waals surface area contributed by atoms with Crippen molar-refractivity contribution in [3.05, 3.63) is 28.1 Å². The van der Waals surface area contributed by atoms with Crippen molar-refractivity contribution in [2.24, 2.45) is 16.8 Å². The molecule has 2 aromatic heterocycles. The van der Waals surface area contributed by atoms with Crippen molar-refractivity contribution < 1.29 is 13.3 Å². The monoisotopic (exact) mass is 492 g/mol. The number of aromatic amines is 1. The lowest BCUT2D eigenvalue weighted by molar-refractivity contribution is 0.260. The highest BCUT2D eigenvalue weighted by atomic mass is 19.1. The number of H-pyrrole nitrogens is 1. The Morgan fingerprint density at radius 2 is 2.11 bits per heavy atom. The molecule has 1 aliphatic rings. The molecule has 1 fully saturated rings. The number of allylic oxidation sites excluding steroid dienone is 2. The van der Waals surface area contributed by atoms with E-state index in [0.29, 0.717) is 23.8 Å². The summed E-state index contributed by atoms with van der Waals surface area (Å²) in [6.45, 7) is 4.98. The summed E-state index contributed by atoms with van der Waals surface area (Å²) in [5.74, 6) is -0.680. The summed E-state index contributed by atoms with van der Waals surface area (Å²) in [4.78, 5) is 19.7. The Bertz CT molecular complexity index is 1140. The van der Waals surface area contributed by atoms with Gasteiger partial charge >= 0.3 is 5.76 Å². The van der Waals surface area contributed by atoms with E-state index in [2.05, 4.69) is 31.7 Å². The predicted molar refractivity (Wildman–Crippen MR) is 132 cm³/mol. The van der Waals surface area contributed by atoms with Crippen molar-refractivity contribution in [2.45, 2.75) is 58.5 Å². The van der Waals surface area contributed by atoms with Gasteiger partial charge in [0.2, 0.25) is 0 Å². The molecule has 1 unspecified atom stereocenters. The molecule has 0 aromatic carbocycles. The first kappa shape index (κ1) is 26.3. The first-order valence-corrected chi connectivity index (χ1v) is 11.8. The van der Waals surface area contributed by atoms with Gasteiger partial charge in [0.05, 0.1) is 12.2 Å². The maximum Gasteiger partial charge on any atom is 0.440 e. The minimum absolute atomic E-state index is 0.0180. The molecule has 2 aromatic rings. The topological polar surface area (TPSA) is 142 Å². The molecular formula is C23H34F2N8O2. The molecule has 1 atom stereocenters. The number of aliphatic imine (C=N–C) groups is 1. The molecule has 0 radical (unpaired) electrons. The summed E-state index contributed by atoms with van der Waals surface area (Å²) < 4.78 is 35.8. The van der Waals surface area contributed by atoms with Gasteiger partial charge in [-0.1, -0.05) is 19.8 Å². The molecule has 0 bridgehead atoms. The second-order valence-corrected chi connectivity index (χ2v) is 9.37. The summed E-state index contributed by atoms with van der Waals surface area (Å²) in [5, 5.41) is 16.2. The van der Waals surface area contributed by atoms with Gasteiger partial charge in [-0.25, -0.2) is 13.6 Å². The lowest BCUT2D eigenvalue weighted by Gasteiger charge is -2.36. The van der Waals surface area contributed by atoms with E-state index in [0.717, 1.165) is 31.8 Å². The van der Waals surface area contributed by atoms with Crippen molar-refractivity contribution in [1.82, 2.24) is 19.9 Å². The van der Waals surface area contributed by atoms with Gasteiger partial charge < -0.3 is 15.6 Å². The Morgan fingerprint density at radius 3 is 2.69 bits per heavy atom. The summed E-state index contributed by atoms with van der Waals surface area (Å²) in [7, 11) is 1.62. The highest BCUT2D eigenvalue weighted by Gasteiger charge is 2.37. The molecule has 1 aliphatic carbocycles. The third-order valence-electron chi connectivity index (χ3n) is 6.49. The predicted octanol–water partition coefficient (Wildman–Crippen LogP) is 3.63. The highest BCUT2D eigenvalue weighted by Crippen LogP contribution is 2.36. The van der Waals surface area contributed by atoms with Crippen LogP contribution in [0.15, 0.2) is 26.2 Å². The first-order chi connectivity index (χ1) is 16.6. The summed E-state index contributed by atoms with van der Waals surface area (Å²) >= 11 is 0. The average molecular weight is 493 g/mol. The number of nitrogens with zero attached hydrogens (tertiary/aromatic N) is 5. The summed E-state index contributed by atoms with van der Waals surface area (Å²) in [6, 6.07) is 0. The molecule has 1 saturated carbocycles. The summed E-state index contributed by atoms with van der Waals surface area (Å²) in [6.07, 6.45) is 7.07. The van der Waals surface area contributed by atoms with E-state index >= 15 is 4.39 Å². The first-order valence-electron chi connectivity index (χ1n) is 11.8. The van der Waals surface area contributed by atoms with Crippen LogP contribution in [-0.4, -0.2) is 57.7 Å². The highest BCUT2D eigenvalue weighted by molar-refractivity contribution is 6.02. The van der Waals surface area contributed by atoms with Crippen LogP contribution < -0.4 is 16.4 Å². The SMILES string of the molecule is C/C=C(/F)C(=N)C(C)(F)CN(CC1CCC(C)CC1)c1c(CC=NC)nn(-c2noc(=O)[nH]2)c1N. The number of alkyl halides is 1. The normalized spacial score (nSPS) is 20.8. The van der Waals surface area contributed by atoms with Crippen LogP contribution in [0.1, 0.15) is 52.1 Å². The zero-order valence-electron chi connectivity index (χ0n) is 20.6. The van der Waals surface area contributed by atoms with E-state index < -0.39 is 23.0 Å². The van der Waals surface area contributed by atoms with Gasteiger partial charge in [-0.3, -0.25) is 14.9 Å². The van der Waals surface area contributed by atoms with E-state index in [1.54, 1.807) is 18.2 Å². The molecule has 0 saturated heterocycles. The third-order valence-corrected chi connectivity index (χ3v) is 6.49. The molecule has 0 aliphatic heterocycles. The van der Waals surface area contributed by atoms with Crippen LogP contribution in [0, 0.1) is 17.2 Å². The fraction of sp³-hybridized carbons (Fsp3) is 0.609. The number of nitrogen functional groups attached to an aromatic ring is 1. The number of aromatic nitrogens is 4. The summed E-state index contributed by atoms with van der Waals surface area (Å²) in [5.41, 5.74) is 4.36. The van der Waals surface area contributed by atoms with Crippen LogP contribution in [0.25, 0.3) is 5.95 Å². The molecule has 12 heteroatoms. The van der Waals surface area contributed by atoms with Gasteiger partial charge in [0.1, 0.15) is 17.2 Å². The van der Waals surface area contributed by atoms with E-state index in [1.165, 1.54) is 18.5 Å². The van der Waals surface area contributed by atoms with Crippen LogP contribution in [0.2, 0.25) is 0 Å². The minimum Gasteiger partial charge on any atom is -0.382 e. The number of rotatable bonds is 10. The van der Waals surface area contributed by atoms with Gasteiger partial charge in [-0.05, 0) is 49.8 Å². The molecule has 3 rings (SSSR count). The van der Waals surface area contributed by atoms with E-state index in [9.17, 15) is 9.18 Å². The molecule has 0 amide bonds. The Kier molecular flexibility index (Phi) is 8.23. The Labute approximate surface area is 202 Å². The zero-order chi connectivity index (χ0) is 25.8. The van der Waals surface area contributed by atoms with E-state index in [1.807, 2.05) is 0 Å². The van der Waals surface area contributed by atoms with Gasteiger partial charge in [0.25, 0.3) is 5.95 Å². The smallest absolute Gasteiger partial charge is 0.382 e. The number of nitrogens with two attached hydrogens (primary N) is 1. The molecule has 35 heavy (non-hydrogen) atoms. The minimum atomic E-state index is -2.30. The molecule has 192 valence electrons. The van der Waals surface area contributed by atoms with Crippen LogP contribution in [-0.2, 0) is 6.42 Å². The van der Waals surface area contributed by atoms with Gasteiger partial charge in [-0.15, -0.1) is 0 Å². The fourth-order valence-electron chi connectivity index (χ4n) is 4.49. The Morgan fingerprint density at radius 1 is 1.43 bits per heavy atom. The lowest BCUT2D eigenvalue weighted by atomic mass is 9.82. The van der Waals surface area contributed by atoms with E-state index in [4.69, 9.17) is 11.1 Å². The quantitative estimate of drug-likeness (QED) is 0.432. The molecule has 0 spiro atoms. The van der Waals surface area contributed by atoms with Gasteiger partial charge in [0.15, 0.2) is 11.5 Å². The van der Waals surface area contributed by atoms with Gasteiger partial charge in [-0.2, -0.15) is 9.78 Å². The van der Waals surface area contributed by atoms with Crippen LogP contribution >= 0.6 is 0 Å². The third kappa shape index (κ3) is 6.04. The van der Waals surface area contributed by atoms with Gasteiger partial charge in [0, 0.05) is 26.2 Å². The maximum atomic E-state index is 15.8. The second-order valence-electron chi connectivity index (χ2n) is 9.37. The largest absolute Gasteiger partial charge is 0.440 e. The zero-order valence-corrected chi connectivity index (χ0v) is 20.6. The van der Waals surface area contributed by atoms with Crippen molar-refractivity contribution in [1.29, 1.82) is 5.41 Å². The number of nitrogens with one attached hydrogen (secondary N) is 2. The number of hydrogen-bond donors (Lipinski definition) is 3. The molecule has 4 N–H and O–H groups in total. The fourth-order valence-corrected chi connectivity index (χ4v) is 4.49. The van der Waals surface area contributed by atoms with Crippen LogP contribution in [0.5, 0.6) is 0 Å². The van der Waals surface area contributed by atoms with Crippen molar-refractivity contribution in [2.75, 3.05) is 30.8 Å². The number of halogens is 2. The lowest BCUT2D eigenvalue weighted by Crippen LogP contribution is -2.46. The molecule has 10 nitrogen and oxygen atoms in total. The molecule has 2 heterocycles. The van der Waals surface area contributed by atoms with E-state index in [-0.39, 0.29) is 30.6 Å². The van der Waals surface area contributed by atoms with Crippen molar-refractivity contribution in [3.8, 4) is 5.95 Å². The maximum absolute atomic E-state index is 15.8. The molecular weight excluding hydrogens is 458 g/mol. The van der Waals surface area contributed by atoms with Crippen LogP contribution in [0.3, 0.4) is 0 Å².